The molecule has 0 radical (unpaired) electrons. The molecule has 2 heterocycles. The van der Waals surface area contributed by atoms with E-state index in [9.17, 15) is 0 Å². The Labute approximate surface area is 206 Å². The molecule has 0 fully saturated rings. The van der Waals surface area contributed by atoms with E-state index in [0.29, 0.717) is 10.2 Å². The second-order valence-electron chi connectivity index (χ2n) is 6.97. The zero-order chi connectivity index (χ0) is 23.2. The van der Waals surface area contributed by atoms with Gasteiger partial charge >= 0.3 is 0 Å². The van der Waals surface area contributed by atoms with E-state index < -0.39 is 0 Å². The highest BCUT2D eigenvalue weighted by atomic mass is 35.5. The summed E-state index contributed by atoms with van der Waals surface area (Å²) in [4.78, 5) is 10.6. The lowest BCUT2D eigenvalue weighted by molar-refractivity contribution is 0.132. The van der Waals surface area contributed by atoms with E-state index in [1.807, 2.05) is 66.2 Å². The average Bonchev–Trinajstić information content (AvgIpc) is 3.13. The van der Waals surface area contributed by atoms with Gasteiger partial charge in [-0.3, -0.25) is 0 Å². The number of benzene rings is 2. The lowest BCUT2D eigenvalue weighted by Gasteiger charge is -2.09. The van der Waals surface area contributed by atoms with Crippen LogP contribution in [0.15, 0.2) is 81.9 Å². The van der Waals surface area contributed by atoms with Gasteiger partial charge in [0.1, 0.15) is 22.5 Å². The molecule has 4 aromatic rings. The number of aryl methyl sites for hydroxylation is 1. The molecule has 0 saturated heterocycles. The topological polar surface area (TPSA) is 61.5 Å². The summed E-state index contributed by atoms with van der Waals surface area (Å²) < 4.78 is 7.15. The van der Waals surface area contributed by atoms with E-state index in [1.165, 1.54) is 0 Å². The van der Waals surface area contributed by atoms with E-state index in [-0.39, 0.29) is 6.61 Å². The summed E-state index contributed by atoms with van der Waals surface area (Å²) in [5.74, 6) is 0.800. The summed E-state index contributed by atoms with van der Waals surface area (Å²) in [5, 5.41) is 10.9. The van der Waals surface area contributed by atoms with Crippen LogP contribution in [0.3, 0.4) is 0 Å². The molecular formula is C24H20Cl2N4O2S. The quantitative estimate of drug-likeness (QED) is 0.155. The minimum atomic E-state index is 0.284. The number of halogens is 2. The van der Waals surface area contributed by atoms with E-state index in [0.717, 1.165) is 38.2 Å². The number of ether oxygens (including phenoxy) is 1. The fourth-order valence-electron chi connectivity index (χ4n) is 2.97. The summed E-state index contributed by atoms with van der Waals surface area (Å²) in [6.45, 7) is 2.22. The summed E-state index contributed by atoms with van der Waals surface area (Å²) in [6, 6.07) is 19.0. The Kier molecular flexibility index (Phi) is 7.54. The maximum atomic E-state index is 6.08. The van der Waals surface area contributed by atoms with Crippen LogP contribution in [-0.4, -0.2) is 28.1 Å². The van der Waals surface area contributed by atoms with Crippen molar-refractivity contribution < 1.29 is 9.57 Å². The van der Waals surface area contributed by atoms with Crippen molar-refractivity contribution in [2.45, 2.75) is 23.5 Å². The molecule has 2 aromatic heterocycles. The van der Waals surface area contributed by atoms with Crippen LogP contribution in [0.4, 0.5) is 0 Å². The van der Waals surface area contributed by atoms with Crippen molar-refractivity contribution in [3.63, 3.8) is 0 Å². The fourth-order valence-corrected chi connectivity index (χ4v) is 4.25. The van der Waals surface area contributed by atoms with Crippen molar-refractivity contribution in [3.8, 4) is 11.4 Å². The van der Waals surface area contributed by atoms with Crippen LogP contribution in [0.2, 0.25) is 10.2 Å². The van der Waals surface area contributed by atoms with Gasteiger partial charge in [0.05, 0.1) is 30.3 Å². The van der Waals surface area contributed by atoms with Gasteiger partial charge in [0.25, 0.3) is 0 Å². The SMILES string of the molecule is COc1ccc(Sc2c(/C=N/OCc3ccc(Cl)nc3)c(C)nn2-c2ccc(Cl)cc2)cc1. The van der Waals surface area contributed by atoms with E-state index in [4.69, 9.17) is 37.9 Å². The lowest BCUT2D eigenvalue weighted by atomic mass is 10.3. The molecule has 6 nitrogen and oxygen atoms in total. The molecule has 0 N–H and O–H groups in total. The number of oxime groups is 1. The van der Waals surface area contributed by atoms with Gasteiger partial charge in [0.15, 0.2) is 0 Å². The number of methoxy groups -OCH3 is 1. The van der Waals surface area contributed by atoms with Crippen LogP contribution in [0, 0.1) is 6.92 Å². The minimum Gasteiger partial charge on any atom is -0.497 e. The largest absolute Gasteiger partial charge is 0.497 e. The standard InChI is InChI=1S/C24H20Cl2N4O2S/c1-16-22(14-28-32-15-17-3-12-23(26)27-13-17)24(33-21-10-8-20(31-2)9-11-21)30(29-16)19-6-4-18(25)5-7-19/h3-14H,15H2,1-2H3/b28-14+. The fraction of sp³-hybridized carbons (Fsp3) is 0.125. The van der Waals surface area contributed by atoms with Crippen molar-refractivity contribution in [2.24, 2.45) is 5.16 Å². The van der Waals surface area contributed by atoms with Gasteiger partial charge < -0.3 is 9.57 Å². The summed E-state index contributed by atoms with van der Waals surface area (Å²) >= 11 is 13.5. The zero-order valence-corrected chi connectivity index (χ0v) is 20.2. The maximum Gasteiger partial charge on any atom is 0.143 e. The Morgan fingerprint density at radius 3 is 2.45 bits per heavy atom. The first-order valence-electron chi connectivity index (χ1n) is 9.96. The lowest BCUT2D eigenvalue weighted by Crippen LogP contribution is -1.99. The molecule has 0 saturated carbocycles. The maximum absolute atomic E-state index is 6.08. The van der Waals surface area contributed by atoms with Gasteiger partial charge in [-0.1, -0.05) is 46.2 Å². The first kappa shape index (κ1) is 23.2. The third kappa shape index (κ3) is 5.87. The molecule has 0 atom stereocenters. The number of pyridine rings is 1. The number of aromatic nitrogens is 3. The molecule has 4 rings (SSSR count). The molecule has 168 valence electrons. The van der Waals surface area contributed by atoms with Crippen molar-refractivity contribution in [1.29, 1.82) is 0 Å². The molecule has 0 unspecified atom stereocenters. The first-order valence-corrected chi connectivity index (χ1v) is 11.5. The highest BCUT2D eigenvalue weighted by Gasteiger charge is 2.17. The number of hydrogen-bond donors (Lipinski definition) is 0. The Bertz CT molecular complexity index is 1240. The normalized spacial score (nSPS) is 11.2. The highest BCUT2D eigenvalue weighted by molar-refractivity contribution is 7.99. The van der Waals surface area contributed by atoms with Gasteiger partial charge in [0.2, 0.25) is 0 Å². The molecule has 0 aliphatic rings. The third-order valence-electron chi connectivity index (χ3n) is 4.68. The Balaban J connectivity index is 1.62. The molecule has 2 aromatic carbocycles. The van der Waals surface area contributed by atoms with Gasteiger partial charge in [-0.2, -0.15) is 5.10 Å². The smallest absolute Gasteiger partial charge is 0.143 e. The monoisotopic (exact) mass is 498 g/mol. The third-order valence-corrected chi connectivity index (χ3v) is 6.25. The molecule has 33 heavy (non-hydrogen) atoms. The van der Waals surface area contributed by atoms with Gasteiger partial charge in [-0.25, -0.2) is 9.67 Å². The number of hydrogen-bond acceptors (Lipinski definition) is 6. The molecule has 0 aliphatic heterocycles. The van der Waals surface area contributed by atoms with Crippen molar-refractivity contribution >= 4 is 41.2 Å². The predicted octanol–water partition coefficient (Wildman–Crippen LogP) is 6.59. The number of nitrogens with zero attached hydrogens (tertiary/aromatic N) is 4. The zero-order valence-electron chi connectivity index (χ0n) is 17.9. The summed E-state index contributed by atoms with van der Waals surface area (Å²) in [5.41, 5.74) is 3.45. The van der Waals surface area contributed by atoms with Crippen LogP contribution in [0.5, 0.6) is 5.75 Å². The van der Waals surface area contributed by atoms with E-state index in [2.05, 4.69) is 10.1 Å². The van der Waals surface area contributed by atoms with Crippen LogP contribution in [-0.2, 0) is 11.4 Å². The molecule has 0 aliphatic carbocycles. The van der Waals surface area contributed by atoms with Crippen molar-refractivity contribution in [3.05, 3.63) is 93.9 Å². The van der Waals surface area contributed by atoms with Crippen LogP contribution >= 0.6 is 35.0 Å². The van der Waals surface area contributed by atoms with Crippen LogP contribution in [0.1, 0.15) is 16.8 Å². The Morgan fingerprint density at radius 1 is 1.03 bits per heavy atom. The van der Waals surface area contributed by atoms with E-state index >= 15 is 0 Å². The highest BCUT2D eigenvalue weighted by Crippen LogP contribution is 2.34. The van der Waals surface area contributed by atoms with Gasteiger partial charge in [0, 0.05) is 21.7 Å². The molecule has 0 amide bonds. The van der Waals surface area contributed by atoms with Crippen LogP contribution in [0.25, 0.3) is 5.69 Å². The van der Waals surface area contributed by atoms with Crippen LogP contribution < -0.4 is 4.74 Å². The predicted molar refractivity (Wildman–Crippen MR) is 132 cm³/mol. The van der Waals surface area contributed by atoms with E-state index in [1.54, 1.807) is 37.3 Å². The second-order valence-corrected chi connectivity index (χ2v) is 8.85. The average molecular weight is 499 g/mol. The Morgan fingerprint density at radius 2 is 1.79 bits per heavy atom. The molecule has 9 heteroatoms. The van der Waals surface area contributed by atoms with Crippen molar-refractivity contribution in [1.82, 2.24) is 14.8 Å². The van der Waals surface area contributed by atoms with Gasteiger partial charge in [-0.05, 0) is 61.5 Å². The summed E-state index contributed by atoms with van der Waals surface area (Å²) in [7, 11) is 1.65. The van der Waals surface area contributed by atoms with Gasteiger partial charge in [-0.15, -0.1) is 0 Å². The van der Waals surface area contributed by atoms with Crippen molar-refractivity contribution in [2.75, 3.05) is 7.11 Å². The molecule has 0 spiro atoms. The summed E-state index contributed by atoms with van der Waals surface area (Å²) in [6.07, 6.45) is 3.34. The minimum absolute atomic E-state index is 0.284. The number of rotatable bonds is 8. The second kappa shape index (κ2) is 10.7. The first-order chi connectivity index (χ1) is 16.0. The Hall–Kier alpha value is -3.00. The molecular weight excluding hydrogens is 479 g/mol. The molecule has 0 bridgehead atoms.